The third kappa shape index (κ3) is 4.11. The van der Waals surface area contributed by atoms with Crippen molar-refractivity contribution in [3.8, 4) is 0 Å². The monoisotopic (exact) mass is 326 g/mol. The Morgan fingerprint density at radius 3 is 2.83 bits per heavy atom. The molecule has 0 unspecified atom stereocenters. The maximum atomic E-state index is 12.5. The van der Waals surface area contributed by atoms with E-state index in [0.717, 1.165) is 19.3 Å². The second-order valence-corrected chi connectivity index (χ2v) is 6.03. The molecule has 0 spiro atoms. The number of hydrogen-bond acceptors (Lipinski definition) is 3. The molecule has 24 heavy (non-hydrogen) atoms. The number of H-pyrrole nitrogens is 1. The van der Waals surface area contributed by atoms with E-state index in [2.05, 4.69) is 17.1 Å². The van der Waals surface area contributed by atoms with Crippen LogP contribution < -0.4 is 5.56 Å². The normalized spacial score (nSPS) is 17.7. The maximum absolute atomic E-state index is 12.5. The van der Waals surface area contributed by atoms with Gasteiger partial charge in [0, 0.05) is 19.3 Å². The van der Waals surface area contributed by atoms with E-state index in [0.29, 0.717) is 19.7 Å². The van der Waals surface area contributed by atoms with Gasteiger partial charge in [0.15, 0.2) is 0 Å². The number of nitrogens with zero attached hydrogens (tertiary/aromatic N) is 1. The second-order valence-electron chi connectivity index (χ2n) is 6.03. The molecule has 1 saturated heterocycles. The van der Waals surface area contributed by atoms with E-state index >= 15 is 0 Å². The lowest BCUT2D eigenvalue weighted by Crippen LogP contribution is -2.46. The number of pyridine rings is 1. The lowest BCUT2D eigenvalue weighted by Gasteiger charge is -2.33. The molecule has 5 nitrogen and oxygen atoms in total. The van der Waals surface area contributed by atoms with Gasteiger partial charge in [-0.3, -0.25) is 9.59 Å². The Morgan fingerprint density at radius 1 is 1.21 bits per heavy atom. The van der Waals surface area contributed by atoms with E-state index in [4.69, 9.17) is 4.74 Å². The Bertz CT molecular complexity index is 727. The third-order valence-corrected chi connectivity index (χ3v) is 4.31. The Balaban J connectivity index is 1.53. The average molecular weight is 326 g/mol. The molecular formula is C19H22N2O3. The molecule has 5 heteroatoms. The summed E-state index contributed by atoms with van der Waals surface area (Å²) >= 11 is 0. The summed E-state index contributed by atoms with van der Waals surface area (Å²) < 4.78 is 5.78. The second kappa shape index (κ2) is 7.93. The summed E-state index contributed by atoms with van der Waals surface area (Å²) in [5.41, 5.74) is 1.18. The topological polar surface area (TPSA) is 62.4 Å². The molecule has 1 amide bonds. The first-order valence-corrected chi connectivity index (χ1v) is 8.36. The molecule has 0 radical (unpaired) electrons. The van der Waals surface area contributed by atoms with Crippen molar-refractivity contribution in [1.82, 2.24) is 9.88 Å². The van der Waals surface area contributed by atoms with Crippen molar-refractivity contribution in [1.29, 1.82) is 0 Å². The molecule has 3 rings (SSSR count). The van der Waals surface area contributed by atoms with Crippen molar-refractivity contribution >= 4 is 5.91 Å². The predicted molar refractivity (Wildman–Crippen MR) is 92.1 cm³/mol. The zero-order chi connectivity index (χ0) is 16.8. The van der Waals surface area contributed by atoms with Crippen molar-refractivity contribution in [2.45, 2.75) is 25.4 Å². The van der Waals surface area contributed by atoms with Crippen LogP contribution in [0.5, 0.6) is 0 Å². The number of aromatic amines is 1. The number of hydrogen-bond donors (Lipinski definition) is 1. The smallest absolute Gasteiger partial charge is 0.260 e. The Hall–Kier alpha value is -2.40. The molecule has 1 fully saturated rings. The molecular weight excluding hydrogens is 304 g/mol. The van der Waals surface area contributed by atoms with Gasteiger partial charge in [-0.15, -0.1) is 0 Å². The first kappa shape index (κ1) is 16.5. The van der Waals surface area contributed by atoms with Crippen molar-refractivity contribution in [3.05, 3.63) is 70.1 Å². The van der Waals surface area contributed by atoms with E-state index in [9.17, 15) is 9.59 Å². The van der Waals surface area contributed by atoms with Gasteiger partial charge in [-0.05, 0) is 37.0 Å². The number of morpholine rings is 1. The molecule has 1 N–H and O–H groups in total. The molecule has 2 heterocycles. The number of aryl methyl sites for hydroxylation is 1. The van der Waals surface area contributed by atoms with Crippen LogP contribution in [0.25, 0.3) is 0 Å². The van der Waals surface area contributed by atoms with Gasteiger partial charge in [0.2, 0.25) is 0 Å². The van der Waals surface area contributed by atoms with Gasteiger partial charge in [0.25, 0.3) is 11.5 Å². The largest absolute Gasteiger partial charge is 0.375 e. The third-order valence-electron chi connectivity index (χ3n) is 4.31. The van der Waals surface area contributed by atoms with Gasteiger partial charge in [-0.25, -0.2) is 0 Å². The first-order chi connectivity index (χ1) is 11.7. The van der Waals surface area contributed by atoms with Gasteiger partial charge in [0.1, 0.15) is 5.56 Å². The standard InChI is InChI=1S/C19H22N2O3/c22-18-17(10-5-11-20-18)19(23)21-12-13-24-16(14-21)9-4-8-15-6-2-1-3-7-15/h1-3,5-7,10-11,16H,4,8-9,12-14H2,(H,20,22)/t16-/m0/s1. The molecule has 0 aliphatic carbocycles. The summed E-state index contributed by atoms with van der Waals surface area (Å²) in [6.07, 6.45) is 4.50. The van der Waals surface area contributed by atoms with Crippen LogP contribution in [0.2, 0.25) is 0 Å². The quantitative estimate of drug-likeness (QED) is 0.916. The van der Waals surface area contributed by atoms with Crippen LogP contribution in [0, 0.1) is 0 Å². The zero-order valence-corrected chi connectivity index (χ0v) is 13.6. The zero-order valence-electron chi connectivity index (χ0n) is 13.6. The fraction of sp³-hybridized carbons (Fsp3) is 0.368. The van der Waals surface area contributed by atoms with E-state index in [1.807, 2.05) is 18.2 Å². The number of nitrogens with one attached hydrogen (secondary N) is 1. The Labute approximate surface area is 141 Å². The van der Waals surface area contributed by atoms with E-state index in [1.54, 1.807) is 17.0 Å². The first-order valence-electron chi connectivity index (χ1n) is 8.36. The number of aromatic nitrogens is 1. The molecule has 1 aliphatic rings. The highest BCUT2D eigenvalue weighted by atomic mass is 16.5. The SMILES string of the molecule is O=C(c1ccc[nH]c1=O)N1CCO[C@@H](CCCc2ccccc2)C1. The highest BCUT2D eigenvalue weighted by Crippen LogP contribution is 2.14. The average Bonchev–Trinajstić information content (AvgIpc) is 2.63. The van der Waals surface area contributed by atoms with Gasteiger partial charge < -0.3 is 14.6 Å². The minimum Gasteiger partial charge on any atom is -0.375 e. The van der Waals surface area contributed by atoms with Crippen LogP contribution in [0.4, 0.5) is 0 Å². The number of ether oxygens (including phenoxy) is 1. The number of carbonyl (C=O) groups is 1. The molecule has 1 atom stereocenters. The Kier molecular flexibility index (Phi) is 5.43. The number of rotatable bonds is 5. The fourth-order valence-electron chi connectivity index (χ4n) is 3.02. The summed E-state index contributed by atoms with van der Waals surface area (Å²) in [4.78, 5) is 28.6. The molecule has 1 aromatic carbocycles. The summed E-state index contributed by atoms with van der Waals surface area (Å²) in [5, 5.41) is 0. The molecule has 2 aromatic rings. The van der Waals surface area contributed by atoms with Crippen molar-refractivity contribution < 1.29 is 9.53 Å². The highest BCUT2D eigenvalue weighted by Gasteiger charge is 2.26. The summed E-state index contributed by atoms with van der Waals surface area (Å²) in [5.74, 6) is -0.215. The number of amides is 1. The predicted octanol–water partition coefficient (Wildman–Crippen LogP) is 2.24. The number of benzene rings is 1. The van der Waals surface area contributed by atoms with Crippen LogP contribution in [-0.4, -0.2) is 41.6 Å². The molecule has 126 valence electrons. The van der Waals surface area contributed by atoms with Crippen molar-refractivity contribution in [2.24, 2.45) is 0 Å². The van der Waals surface area contributed by atoms with E-state index < -0.39 is 0 Å². The van der Waals surface area contributed by atoms with Crippen molar-refractivity contribution in [2.75, 3.05) is 19.7 Å². The van der Waals surface area contributed by atoms with E-state index in [-0.39, 0.29) is 23.1 Å². The summed E-state index contributed by atoms with van der Waals surface area (Å²) in [6, 6.07) is 13.6. The minimum absolute atomic E-state index is 0.0363. The van der Waals surface area contributed by atoms with Crippen LogP contribution in [0.1, 0.15) is 28.8 Å². The van der Waals surface area contributed by atoms with Crippen molar-refractivity contribution in [3.63, 3.8) is 0 Å². The lowest BCUT2D eigenvalue weighted by atomic mass is 10.0. The van der Waals surface area contributed by atoms with Gasteiger partial charge >= 0.3 is 0 Å². The Morgan fingerprint density at radius 2 is 2.04 bits per heavy atom. The minimum atomic E-state index is -0.338. The lowest BCUT2D eigenvalue weighted by molar-refractivity contribution is -0.0255. The van der Waals surface area contributed by atoms with Crippen LogP contribution >= 0.6 is 0 Å². The molecule has 0 bridgehead atoms. The summed E-state index contributed by atoms with van der Waals surface area (Å²) in [6.45, 7) is 1.59. The maximum Gasteiger partial charge on any atom is 0.260 e. The molecule has 0 saturated carbocycles. The van der Waals surface area contributed by atoms with Gasteiger partial charge in [-0.2, -0.15) is 0 Å². The fourth-order valence-corrected chi connectivity index (χ4v) is 3.02. The van der Waals surface area contributed by atoms with E-state index in [1.165, 1.54) is 11.8 Å². The number of carbonyl (C=O) groups excluding carboxylic acids is 1. The van der Waals surface area contributed by atoms with Crippen LogP contribution in [-0.2, 0) is 11.2 Å². The van der Waals surface area contributed by atoms with Crippen LogP contribution in [0.3, 0.4) is 0 Å². The van der Waals surface area contributed by atoms with Gasteiger partial charge in [0.05, 0.1) is 12.7 Å². The van der Waals surface area contributed by atoms with Gasteiger partial charge in [-0.1, -0.05) is 30.3 Å². The molecule has 1 aromatic heterocycles. The van der Waals surface area contributed by atoms with Crippen LogP contribution in [0.15, 0.2) is 53.5 Å². The molecule has 1 aliphatic heterocycles. The highest BCUT2D eigenvalue weighted by molar-refractivity contribution is 5.93. The summed E-state index contributed by atoms with van der Waals surface area (Å²) in [7, 11) is 0.